The number of esters is 1. The van der Waals surface area contributed by atoms with Crippen LogP contribution in [0.2, 0.25) is 0 Å². The highest BCUT2D eigenvalue weighted by molar-refractivity contribution is 7.17. The van der Waals surface area contributed by atoms with Crippen LogP contribution in [0.15, 0.2) is 18.2 Å². The van der Waals surface area contributed by atoms with E-state index in [0.29, 0.717) is 22.0 Å². The van der Waals surface area contributed by atoms with Crippen molar-refractivity contribution in [1.82, 2.24) is 0 Å². The first-order chi connectivity index (χ1) is 12.4. The summed E-state index contributed by atoms with van der Waals surface area (Å²) >= 11 is 1.52. The summed E-state index contributed by atoms with van der Waals surface area (Å²) in [5.41, 5.74) is 4.42. The highest BCUT2D eigenvalue weighted by atomic mass is 32.1. The lowest BCUT2D eigenvalue weighted by Crippen LogP contribution is -2.16. The largest absolute Gasteiger partial charge is 0.465 e. The second kappa shape index (κ2) is 7.62. The van der Waals surface area contributed by atoms with Crippen molar-refractivity contribution >= 4 is 28.2 Å². The Bertz CT molecular complexity index is 853. The molecule has 1 N–H and O–H groups in total. The summed E-state index contributed by atoms with van der Waals surface area (Å²) in [4.78, 5) is 26.3. The van der Waals surface area contributed by atoms with Crippen LogP contribution < -0.4 is 5.32 Å². The second-order valence-electron chi connectivity index (χ2n) is 6.97. The van der Waals surface area contributed by atoms with E-state index in [-0.39, 0.29) is 11.9 Å². The zero-order valence-electron chi connectivity index (χ0n) is 15.8. The third kappa shape index (κ3) is 3.54. The van der Waals surface area contributed by atoms with Gasteiger partial charge in [-0.15, -0.1) is 11.3 Å². The van der Waals surface area contributed by atoms with Crippen LogP contribution in [-0.2, 0) is 17.6 Å². The maximum Gasteiger partial charge on any atom is 0.341 e. The van der Waals surface area contributed by atoms with Gasteiger partial charge in [-0.1, -0.05) is 19.4 Å². The number of nitrogens with one attached hydrogen (secondary N) is 1. The predicted molar refractivity (Wildman–Crippen MR) is 105 cm³/mol. The van der Waals surface area contributed by atoms with E-state index >= 15 is 0 Å². The molecule has 1 amide bonds. The number of aryl methyl sites for hydroxylation is 2. The molecule has 0 spiro atoms. The molecule has 1 aromatic heterocycles. The standard InChI is InChI=1S/C21H25NO3S/c1-5-14-7-9-16-17(11-14)26-20(18(16)21(24)25-4)22-19(23)15-8-6-12(2)13(3)10-15/h6,8,10,14H,5,7,9,11H2,1-4H3,(H,22,23). The number of hydrogen-bond acceptors (Lipinski definition) is 4. The van der Waals surface area contributed by atoms with Crippen LogP contribution in [0.5, 0.6) is 0 Å². The molecular weight excluding hydrogens is 346 g/mol. The van der Waals surface area contributed by atoms with E-state index in [2.05, 4.69) is 12.2 Å². The molecule has 1 aliphatic rings. The zero-order valence-corrected chi connectivity index (χ0v) is 16.6. The van der Waals surface area contributed by atoms with Crippen LogP contribution in [0.3, 0.4) is 0 Å². The van der Waals surface area contributed by atoms with Crippen LogP contribution in [-0.4, -0.2) is 19.0 Å². The fourth-order valence-electron chi connectivity index (χ4n) is 3.47. The topological polar surface area (TPSA) is 55.4 Å². The van der Waals surface area contributed by atoms with Crippen LogP contribution in [0.1, 0.15) is 62.0 Å². The van der Waals surface area contributed by atoms with Crippen molar-refractivity contribution in [2.24, 2.45) is 5.92 Å². The van der Waals surface area contributed by atoms with Crippen molar-refractivity contribution in [2.75, 3.05) is 12.4 Å². The lowest BCUT2D eigenvalue weighted by atomic mass is 9.85. The van der Waals surface area contributed by atoms with Gasteiger partial charge in [-0.2, -0.15) is 0 Å². The van der Waals surface area contributed by atoms with Crippen LogP contribution in [0, 0.1) is 19.8 Å². The minimum atomic E-state index is -0.368. The maximum atomic E-state index is 12.7. The summed E-state index contributed by atoms with van der Waals surface area (Å²) in [6.07, 6.45) is 4.05. The number of carbonyl (C=O) groups is 2. The number of hydrogen-bond donors (Lipinski definition) is 1. The zero-order chi connectivity index (χ0) is 18.8. The minimum absolute atomic E-state index is 0.191. The van der Waals surface area contributed by atoms with Crippen molar-refractivity contribution in [3.63, 3.8) is 0 Å². The van der Waals surface area contributed by atoms with Gasteiger partial charge in [0.25, 0.3) is 5.91 Å². The van der Waals surface area contributed by atoms with Gasteiger partial charge in [0.15, 0.2) is 0 Å². The number of thiophene rings is 1. The Morgan fingerprint density at radius 2 is 2.04 bits per heavy atom. The maximum absolute atomic E-state index is 12.7. The Morgan fingerprint density at radius 1 is 1.27 bits per heavy atom. The van der Waals surface area contributed by atoms with Crippen LogP contribution >= 0.6 is 11.3 Å². The van der Waals surface area contributed by atoms with E-state index in [0.717, 1.165) is 42.4 Å². The number of ether oxygens (including phenoxy) is 1. The van der Waals surface area contributed by atoms with E-state index < -0.39 is 0 Å². The van der Waals surface area contributed by atoms with E-state index in [1.807, 2.05) is 32.0 Å². The van der Waals surface area contributed by atoms with E-state index in [9.17, 15) is 9.59 Å². The SMILES string of the molecule is CCC1CCc2c(sc(NC(=O)c3ccc(C)c(C)c3)c2C(=O)OC)C1. The van der Waals surface area contributed by atoms with Crippen molar-refractivity contribution in [1.29, 1.82) is 0 Å². The first kappa shape index (κ1) is 18.6. The normalized spacial score (nSPS) is 16.1. The Morgan fingerprint density at radius 3 is 2.69 bits per heavy atom. The Kier molecular flexibility index (Phi) is 5.47. The number of amides is 1. The lowest BCUT2D eigenvalue weighted by Gasteiger charge is -2.20. The molecule has 3 rings (SSSR count). The number of rotatable bonds is 4. The van der Waals surface area contributed by atoms with Gasteiger partial charge in [0.1, 0.15) is 5.00 Å². The highest BCUT2D eigenvalue weighted by Gasteiger charge is 2.29. The summed E-state index contributed by atoms with van der Waals surface area (Å²) in [6.45, 7) is 6.21. The summed E-state index contributed by atoms with van der Waals surface area (Å²) in [5, 5.41) is 3.57. The summed E-state index contributed by atoms with van der Waals surface area (Å²) in [7, 11) is 1.39. The van der Waals surface area contributed by atoms with E-state index in [4.69, 9.17) is 4.74 Å². The van der Waals surface area contributed by atoms with Gasteiger partial charge < -0.3 is 10.1 Å². The fourth-order valence-corrected chi connectivity index (χ4v) is 4.81. The molecule has 0 saturated carbocycles. The van der Waals surface area contributed by atoms with Crippen molar-refractivity contribution in [3.05, 3.63) is 50.9 Å². The molecule has 2 aromatic rings. The molecule has 4 nitrogen and oxygen atoms in total. The summed E-state index contributed by atoms with van der Waals surface area (Å²) in [5.74, 6) is 0.0895. The number of carbonyl (C=O) groups excluding carboxylic acids is 2. The molecule has 0 fully saturated rings. The molecule has 0 aliphatic heterocycles. The summed E-state index contributed by atoms with van der Waals surface area (Å²) < 4.78 is 4.99. The molecule has 1 unspecified atom stereocenters. The molecular formula is C21H25NO3S. The number of benzene rings is 1. The third-order valence-corrected chi connectivity index (χ3v) is 6.50. The first-order valence-electron chi connectivity index (χ1n) is 9.06. The van der Waals surface area contributed by atoms with Crippen molar-refractivity contribution in [3.8, 4) is 0 Å². The molecule has 138 valence electrons. The first-order valence-corrected chi connectivity index (χ1v) is 9.87. The molecule has 1 aliphatic carbocycles. The molecule has 1 heterocycles. The quantitative estimate of drug-likeness (QED) is 0.776. The monoisotopic (exact) mass is 371 g/mol. The van der Waals surface area contributed by atoms with Gasteiger partial charge >= 0.3 is 5.97 Å². The second-order valence-corrected chi connectivity index (χ2v) is 8.07. The Balaban J connectivity index is 1.93. The van der Waals surface area contributed by atoms with Gasteiger partial charge in [0.05, 0.1) is 12.7 Å². The molecule has 26 heavy (non-hydrogen) atoms. The van der Waals surface area contributed by atoms with Crippen molar-refractivity contribution < 1.29 is 14.3 Å². The average Bonchev–Trinajstić information content (AvgIpc) is 2.99. The molecule has 1 atom stereocenters. The van der Waals surface area contributed by atoms with E-state index in [1.54, 1.807) is 0 Å². The van der Waals surface area contributed by atoms with E-state index in [1.165, 1.54) is 23.3 Å². The molecule has 1 aromatic carbocycles. The number of anilines is 1. The smallest absolute Gasteiger partial charge is 0.341 e. The van der Waals surface area contributed by atoms with Crippen LogP contribution in [0.25, 0.3) is 0 Å². The van der Waals surface area contributed by atoms with Gasteiger partial charge in [0, 0.05) is 10.4 Å². The molecule has 5 heteroatoms. The Hall–Kier alpha value is -2.14. The van der Waals surface area contributed by atoms with Gasteiger partial charge in [0.2, 0.25) is 0 Å². The highest BCUT2D eigenvalue weighted by Crippen LogP contribution is 2.40. The minimum Gasteiger partial charge on any atom is -0.465 e. The summed E-state index contributed by atoms with van der Waals surface area (Å²) in [6, 6.07) is 5.63. The number of fused-ring (bicyclic) bond motifs is 1. The molecule has 0 bridgehead atoms. The van der Waals surface area contributed by atoms with Gasteiger partial charge in [-0.25, -0.2) is 4.79 Å². The van der Waals surface area contributed by atoms with Gasteiger partial charge in [-0.3, -0.25) is 4.79 Å². The molecule has 0 radical (unpaired) electrons. The fraction of sp³-hybridized carbons (Fsp3) is 0.429. The van der Waals surface area contributed by atoms with Crippen molar-refractivity contribution in [2.45, 2.75) is 46.5 Å². The molecule has 0 saturated heterocycles. The Labute approximate surface area is 158 Å². The number of methoxy groups -OCH3 is 1. The predicted octanol–water partition coefficient (Wildman–Crippen LogP) is 4.92. The average molecular weight is 372 g/mol. The van der Waals surface area contributed by atoms with Crippen LogP contribution in [0.4, 0.5) is 5.00 Å². The van der Waals surface area contributed by atoms with Gasteiger partial charge in [-0.05, 0) is 67.9 Å². The third-order valence-electron chi connectivity index (χ3n) is 5.33. The lowest BCUT2D eigenvalue weighted by molar-refractivity contribution is 0.0601.